The zero-order chi connectivity index (χ0) is 16.8. The van der Waals surface area contributed by atoms with Crippen molar-refractivity contribution in [2.24, 2.45) is 0 Å². The summed E-state index contributed by atoms with van der Waals surface area (Å²) in [7, 11) is 0. The van der Waals surface area contributed by atoms with E-state index in [0.717, 1.165) is 5.56 Å². The Morgan fingerprint density at radius 2 is 1.75 bits per heavy atom. The first-order chi connectivity index (χ1) is 11.7. The van der Waals surface area contributed by atoms with E-state index in [-0.39, 0.29) is 5.82 Å². The van der Waals surface area contributed by atoms with Crippen LogP contribution in [0.4, 0.5) is 10.2 Å². The van der Waals surface area contributed by atoms with Gasteiger partial charge in [0.1, 0.15) is 5.82 Å². The Kier molecular flexibility index (Phi) is 5.18. The van der Waals surface area contributed by atoms with Gasteiger partial charge in [-0.05, 0) is 35.5 Å². The minimum Gasteiger partial charge on any atom is -0.358 e. The maximum Gasteiger partial charge on any atom is 0.172 e. The van der Waals surface area contributed by atoms with Gasteiger partial charge in [-0.3, -0.25) is 4.68 Å². The predicted octanol–water partition coefficient (Wildman–Crippen LogP) is 3.56. The first-order valence-electron chi connectivity index (χ1n) is 7.56. The molecule has 3 aromatic rings. The van der Waals surface area contributed by atoms with Crippen LogP contribution in [0.1, 0.15) is 11.1 Å². The number of anilines is 1. The molecule has 2 aromatic carbocycles. The van der Waals surface area contributed by atoms with Crippen LogP contribution in [0.2, 0.25) is 0 Å². The lowest BCUT2D eigenvalue weighted by Gasteiger charge is -2.08. The average molecular weight is 340 g/mol. The monoisotopic (exact) mass is 340 g/mol. The van der Waals surface area contributed by atoms with Crippen molar-refractivity contribution in [2.75, 3.05) is 5.32 Å². The molecule has 4 nitrogen and oxygen atoms in total. The zero-order valence-corrected chi connectivity index (χ0v) is 13.8. The average Bonchev–Trinajstić information content (AvgIpc) is 3.02. The van der Waals surface area contributed by atoms with Gasteiger partial charge in [0.2, 0.25) is 0 Å². The molecule has 6 heteroatoms. The Bertz CT molecular complexity index is 799. The molecular weight excluding hydrogens is 323 g/mol. The number of thiocarbonyl (C=S) groups is 1. The van der Waals surface area contributed by atoms with Gasteiger partial charge in [-0.2, -0.15) is 5.10 Å². The maximum absolute atomic E-state index is 12.9. The van der Waals surface area contributed by atoms with Crippen LogP contribution in [0.5, 0.6) is 0 Å². The van der Waals surface area contributed by atoms with Crippen LogP contribution in [-0.4, -0.2) is 14.9 Å². The van der Waals surface area contributed by atoms with Gasteiger partial charge < -0.3 is 10.6 Å². The molecule has 0 aliphatic carbocycles. The molecule has 3 rings (SSSR count). The molecule has 24 heavy (non-hydrogen) atoms. The van der Waals surface area contributed by atoms with Crippen molar-refractivity contribution in [1.29, 1.82) is 0 Å². The fourth-order valence-corrected chi connectivity index (χ4v) is 2.41. The second-order valence-electron chi connectivity index (χ2n) is 5.32. The molecule has 122 valence electrons. The molecule has 1 aromatic heterocycles. The van der Waals surface area contributed by atoms with Crippen LogP contribution in [0.25, 0.3) is 0 Å². The van der Waals surface area contributed by atoms with Crippen LogP contribution >= 0.6 is 12.2 Å². The molecule has 0 radical (unpaired) electrons. The third kappa shape index (κ3) is 4.63. The van der Waals surface area contributed by atoms with Crippen molar-refractivity contribution >= 4 is 23.1 Å². The summed E-state index contributed by atoms with van der Waals surface area (Å²) in [4.78, 5) is 0. The molecule has 0 unspecified atom stereocenters. The molecule has 0 aliphatic rings. The van der Waals surface area contributed by atoms with E-state index in [4.69, 9.17) is 12.2 Å². The SMILES string of the molecule is Fc1ccc(CNC(=S)Nc2ccn(Cc3ccccc3)n2)cc1. The van der Waals surface area contributed by atoms with Crippen molar-refractivity contribution < 1.29 is 4.39 Å². The Morgan fingerprint density at radius 3 is 2.50 bits per heavy atom. The van der Waals surface area contributed by atoms with Gasteiger partial charge in [-0.25, -0.2) is 4.39 Å². The summed E-state index contributed by atoms with van der Waals surface area (Å²) in [6.45, 7) is 1.23. The number of benzene rings is 2. The summed E-state index contributed by atoms with van der Waals surface area (Å²) in [6, 6.07) is 18.3. The third-order valence-corrected chi connectivity index (χ3v) is 3.68. The lowest BCUT2D eigenvalue weighted by Crippen LogP contribution is -2.28. The Balaban J connectivity index is 1.50. The molecule has 0 amide bonds. The van der Waals surface area contributed by atoms with Gasteiger partial charge in [0.05, 0.1) is 6.54 Å². The number of nitrogens with zero attached hydrogens (tertiary/aromatic N) is 2. The highest BCUT2D eigenvalue weighted by Crippen LogP contribution is 2.07. The number of aromatic nitrogens is 2. The number of hydrogen-bond donors (Lipinski definition) is 2. The second kappa shape index (κ2) is 7.70. The summed E-state index contributed by atoms with van der Waals surface area (Å²) in [6.07, 6.45) is 1.90. The van der Waals surface area contributed by atoms with E-state index in [1.807, 2.05) is 35.1 Å². The third-order valence-electron chi connectivity index (χ3n) is 3.44. The maximum atomic E-state index is 12.9. The highest BCUT2D eigenvalue weighted by atomic mass is 32.1. The van der Waals surface area contributed by atoms with Crippen LogP contribution < -0.4 is 10.6 Å². The van der Waals surface area contributed by atoms with Crippen molar-refractivity contribution in [3.63, 3.8) is 0 Å². The topological polar surface area (TPSA) is 41.9 Å². The van der Waals surface area contributed by atoms with E-state index >= 15 is 0 Å². The van der Waals surface area contributed by atoms with Crippen molar-refractivity contribution in [3.05, 3.63) is 83.8 Å². The van der Waals surface area contributed by atoms with Gasteiger partial charge >= 0.3 is 0 Å². The minimum absolute atomic E-state index is 0.247. The molecule has 0 atom stereocenters. The molecule has 1 heterocycles. The molecule has 0 saturated heterocycles. The summed E-state index contributed by atoms with van der Waals surface area (Å²) >= 11 is 5.25. The molecular formula is C18H17FN4S. The highest BCUT2D eigenvalue weighted by Gasteiger charge is 2.03. The highest BCUT2D eigenvalue weighted by molar-refractivity contribution is 7.80. The molecule has 0 aliphatic heterocycles. The van der Waals surface area contributed by atoms with E-state index in [1.165, 1.54) is 17.7 Å². The summed E-state index contributed by atoms with van der Waals surface area (Å²) < 4.78 is 14.7. The van der Waals surface area contributed by atoms with Crippen LogP contribution in [-0.2, 0) is 13.1 Å². The largest absolute Gasteiger partial charge is 0.358 e. The zero-order valence-electron chi connectivity index (χ0n) is 12.9. The minimum atomic E-state index is -0.247. The first-order valence-corrected chi connectivity index (χ1v) is 7.96. The van der Waals surface area contributed by atoms with Gasteiger partial charge in [0.15, 0.2) is 10.9 Å². The van der Waals surface area contributed by atoms with Crippen LogP contribution in [0.3, 0.4) is 0 Å². The first kappa shape index (κ1) is 16.1. The predicted molar refractivity (Wildman–Crippen MR) is 97.2 cm³/mol. The van der Waals surface area contributed by atoms with E-state index in [1.54, 1.807) is 12.1 Å². The molecule has 0 bridgehead atoms. The van der Waals surface area contributed by atoms with Gasteiger partial charge in [0, 0.05) is 18.8 Å². The van der Waals surface area contributed by atoms with E-state index in [9.17, 15) is 4.39 Å². The lowest BCUT2D eigenvalue weighted by atomic mass is 10.2. The Hall–Kier alpha value is -2.73. The summed E-state index contributed by atoms with van der Waals surface area (Å²) in [5.41, 5.74) is 2.14. The second-order valence-corrected chi connectivity index (χ2v) is 5.73. The van der Waals surface area contributed by atoms with Crippen LogP contribution in [0, 0.1) is 5.82 Å². The number of rotatable bonds is 5. The molecule has 0 spiro atoms. The molecule has 0 saturated carbocycles. The summed E-state index contributed by atoms with van der Waals surface area (Å²) in [5.74, 6) is 0.436. The standard InChI is InChI=1S/C18H17FN4S/c19-16-8-6-14(7-9-16)12-20-18(24)21-17-10-11-23(22-17)13-15-4-2-1-3-5-15/h1-11H,12-13H2,(H2,20,21,22,24). The molecule has 0 fully saturated rings. The summed E-state index contributed by atoms with van der Waals surface area (Å²) in [5, 5.41) is 11.0. The molecule has 2 N–H and O–H groups in total. The number of halogens is 1. The lowest BCUT2D eigenvalue weighted by molar-refractivity contribution is 0.627. The quantitative estimate of drug-likeness (QED) is 0.697. The van der Waals surface area contributed by atoms with E-state index in [2.05, 4.69) is 27.9 Å². The van der Waals surface area contributed by atoms with Gasteiger partial charge in [0.25, 0.3) is 0 Å². The van der Waals surface area contributed by atoms with Crippen molar-refractivity contribution in [3.8, 4) is 0 Å². The van der Waals surface area contributed by atoms with Crippen LogP contribution in [0.15, 0.2) is 66.9 Å². The number of nitrogens with one attached hydrogen (secondary N) is 2. The number of hydrogen-bond acceptors (Lipinski definition) is 2. The van der Waals surface area contributed by atoms with E-state index < -0.39 is 0 Å². The Morgan fingerprint density at radius 1 is 1.00 bits per heavy atom. The smallest absolute Gasteiger partial charge is 0.172 e. The fourth-order valence-electron chi connectivity index (χ4n) is 2.23. The fraction of sp³-hybridized carbons (Fsp3) is 0.111. The van der Waals surface area contributed by atoms with Crippen molar-refractivity contribution in [2.45, 2.75) is 13.1 Å². The van der Waals surface area contributed by atoms with Crippen molar-refractivity contribution in [1.82, 2.24) is 15.1 Å². The van der Waals surface area contributed by atoms with Gasteiger partial charge in [-0.15, -0.1) is 0 Å². The van der Waals surface area contributed by atoms with Gasteiger partial charge in [-0.1, -0.05) is 42.5 Å². The Labute approximate surface area is 145 Å². The van der Waals surface area contributed by atoms with E-state index in [0.29, 0.717) is 24.0 Å². The normalized spacial score (nSPS) is 10.4.